The monoisotopic (exact) mass is 541 g/mol. The number of nitrogens with one attached hydrogen (secondary N) is 2. The zero-order valence-corrected chi connectivity index (χ0v) is 22.9. The van der Waals surface area contributed by atoms with Gasteiger partial charge in [-0.1, -0.05) is 13.0 Å². The van der Waals surface area contributed by atoms with Crippen LogP contribution in [0, 0.1) is 17.3 Å². The van der Waals surface area contributed by atoms with Crippen LogP contribution in [0.4, 0.5) is 0 Å². The van der Waals surface area contributed by atoms with E-state index >= 15 is 0 Å². The molecule has 0 aromatic heterocycles. The molecule has 1 spiro atoms. The third-order valence-electron chi connectivity index (χ3n) is 10.1. The Balaban J connectivity index is 1.33. The van der Waals surface area contributed by atoms with Crippen molar-refractivity contribution in [3.8, 4) is 11.5 Å². The fraction of sp³-hybridized carbons (Fsp3) is 0.690. The van der Waals surface area contributed by atoms with E-state index in [1.54, 1.807) is 13.2 Å². The number of hydrogen-bond acceptors (Lipinski definition) is 7. The number of nitrogens with zero attached hydrogens (tertiary/aromatic N) is 1. The summed E-state index contributed by atoms with van der Waals surface area (Å²) >= 11 is 0. The Bertz CT molecular complexity index is 1190. The Hall–Kier alpha value is -2.85. The predicted molar refractivity (Wildman–Crippen MR) is 140 cm³/mol. The highest BCUT2D eigenvalue weighted by Crippen LogP contribution is 2.66. The van der Waals surface area contributed by atoms with E-state index in [0.717, 1.165) is 43.8 Å². The molecule has 10 nitrogen and oxygen atoms in total. The van der Waals surface area contributed by atoms with E-state index < -0.39 is 35.7 Å². The van der Waals surface area contributed by atoms with Crippen LogP contribution in [0.3, 0.4) is 0 Å². The minimum absolute atomic E-state index is 0.159. The highest BCUT2D eigenvalue weighted by atomic mass is 16.5. The average molecular weight is 542 g/mol. The molecule has 0 radical (unpaired) electrons. The minimum atomic E-state index is -1.16. The summed E-state index contributed by atoms with van der Waals surface area (Å²) in [4.78, 5) is 38.7. The number of ether oxygens (including phenoxy) is 2. The number of carboxylic acids is 1. The first kappa shape index (κ1) is 26.4. The standard InChI is InChI=1S/C29H39N3O7/c1-15(33)31-19(11-22(35)36)27(37)30-14-28(2)12-18-20-10-17-6-7-21(34)24-23(17)29(18,26(39-24)25(28)38-3)8-9-32(20)13-16-4-5-16/h6-7,16,18-20,25-26,34H,4-5,8-14H2,1-3H3,(H,30,37)(H,31,33)(H,35,36)/t18?,19-,20+,25?,26-,28-,29-/m0/s1. The average Bonchev–Trinajstić information content (AvgIpc) is 3.62. The van der Waals surface area contributed by atoms with Crippen molar-refractivity contribution in [1.82, 2.24) is 15.5 Å². The van der Waals surface area contributed by atoms with Crippen LogP contribution in [0.1, 0.15) is 57.1 Å². The van der Waals surface area contributed by atoms with Gasteiger partial charge in [-0.2, -0.15) is 0 Å². The second-order valence-corrected chi connectivity index (χ2v) is 12.7. The molecule has 10 heteroatoms. The lowest BCUT2D eigenvalue weighted by atomic mass is 9.47. The van der Waals surface area contributed by atoms with E-state index in [1.165, 1.54) is 25.3 Å². The molecular formula is C29H39N3O7. The summed E-state index contributed by atoms with van der Waals surface area (Å²) in [5.41, 5.74) is 1.62. The SMILES string of the molecule is COC1[C@@H]2Oc3c(O)ccc4c3[C@@]23CCN(CC2CC2)[C@H](C4)C3C[C@@]1(C)CNC(=O)[C@H](CC(=O)O)NC(C)=O. The van der Waals surface area contributed by atoms with Gasteiger partial charge in [0.05, 0.1) is 6.42 Å². The van der Waals surface area contributed by atoms with Gasteiger partial charge in [0.2, 0.25) is 11.8 Å². The zero-order valence-electron chi connectivity index (χ0n) is 22.9. The highest BCUT2D eigenvalue weighted by molar-refractivity contribution is 5.90. The smallest absolute Gasteiger partial charge is 0.305 e. The van der Waals surface area contributed by atoms with Gasteiger partial charge in [-0.15, -0.1) is 0 Å². The molecule has 3 aliphatic carbocycles. The molecule has 1 saturated heterocycles. The molecule has 2 saturated carbocycles. The first-order chi connectivity index (χ1) is 18.6. The van der Waals surface area contributed by atoms with Gasteiger partial charge in [0.25, 0.3) is 0 Å². The van der Waals surface area contributed by atoms with Crippen LogP contribution in [0.25, 0.3) is 0 Å². The van der Waals surface area contributed by atoms with Gasteiger partial charge >= 0.3 is 5.97 Å². The van der Waals surface area contributed by atoms with Crippen LogP contribution in [0.15, 0.2) is 12.1 Å². The number of piperidine rings is 1. The lowest BCUT2D eigenvalue weighted by molar-refractivity contribution is -0.172. The summed E-state index contributed by atoms with van der Waals surface area (Å²) < 4.78 is 12.8. The molecule has 212 valence electrons. The van der Waals surface area contributed by atoms with Crippen LogP contribution in [0.5, 0.6) is 11.5 Å². The van der Waals surface area contributed by atoms with Crippen molar-refractivity contribution in [2.45, 2.75) is 82.1 Å². The van der Waals surface area contributed by atoms with E-state index in [9.17, 15) is 24.6 Å². The molecule has 2 amide bonds. The van der Waals surface area contributed by atoms with Gasteiger partial charge in [0.15, 0.2) is 11.5 Å². The van der Waals surface area contributed by atoms with Crippen molar-refractivity contribution in [3.05, 3.63) is 23.3 Å². The maximum absolute atomic E-state index is 13.1. The summed E-state index contributed by atoms with van der Waals surface area (Å²) in [5, 5.41) is 25.5. The number of aromatic hydroxyl groups is 1. The molecule has 6 rings (SSSR count). The minimum Gasteiger partial charge on any atom is -0.504 e. The number of benzene rings is 1. The first-order valence-corrected chi connectivity index (χ1v) is 14.1. The van der Waals surface area contributed by atoms with Crippen LogP contribution < -0.4 is 15.4 Å². The number of hydrogen-bond donors (Lipinski definition) is 4. The van der Waals surface area contributed by atoms with Gasteiger partial charge in [-0.25, -0.2) is 0 Å². The van der Waals surface area contributed by atoms with Crippen molar-refractivity contribution in [2.24, 2.45) is 17.3 Å². The lowest BCUT2D eigenvalue weighted by Gasteiger charge is -2.63. The number of aliphatic carboxylic acids is 1. The molecule has 2 unspecified atom stereocenters. The highest BCUT2D eigenvalue weighted by Gasteiger charge is 2.70. The van der Waals surface area contributed by atoms with Crippen LogP contribution in [-0.4, -0.2) is 83.9 Å². The molecule has 4 N–H and O–H groups in total. The third kappa shape index (κ3) is 4.18. The van der Waals surface area contributed by atoms with Crippen molar-refractivity contribution in [2.75, 3.05) is 26.7 Å². The number of carbonyl (C=O) groups is 3. The van der Waals surface area contributed by atoms with Crippen LogP contribution in [-0.2, 0) is 31.0 Å². The van der Waals surface area contributed by atoms with Gasteiger partial charge in [0.1, 0.15) is 18.2 Å². The molecule has 7 atom stereocenters. The van der Waals surface area contributed by atoms with E-state index in [-0.39, 0.29) is 35.8 Å². The van der Waals surface area contributed by atoms with Crippen molar-refractivity contribution in [3.63, 3.8) is 0 Å². The molecule has 2 aliphatic heterocycles. The Kier molecular flexibility index (Phi) is 6.34. The fourth-order valence-corrected chi connectivity index (χ4v) is 8.34. The zero-order chi connectivity index (χ0) is 27.7. The van der Waals surface area contributed by atoms with Gasteiger partial charge in [-0.05, 0) is 62.1 Å². The quantitative estimate of drug-likeness (QED) is 0.370. The van der Waals surface area contributed by atoms with E-state index in [0.29, 0.717) is 11.8 Å². The molecule has 1 aromatic carbocycles. The number of rotatable bonds is 9. The number of amides is 2. The van der Waals surface area contributed by atoms with Crippen LogP contribution in [0.2, 0.25) is 0 Å². The summed E-state index contributed by atoms with van der Waals surface area (Å²) in [6, 6.07) is 2.98. The van der Waals surface area contributed by atoms with E-state index in [1.807, 2.05) is 0 Å². The summed E-state index contributed by atoms with van der Waals surface area (Å²) in [5.74, 6) is -0.389. The number of carboxylic acid groups (broad SMARTS) is 1. The fourth-order valence-electron chi connectivity index (χ4n) is 8.34. The number of methoxy groups -OCH3 is 1. The summed E-state index contributed by atoms with van der Waals surface area (Å²) in [6.45, 7) is 5.71. The predicted octanol–water partition coefficient (Wildman–Crippen LogP) is 1.57. The van der Waals surface area contributed by atoms with Crippen molar-refractivity contribution >= 4 is 17.8 Å². The van der Waals surface area contributed by atoms with Gasteiger partial charge in [0, 0.05) is 49.6 Å². The number of phenols is 1. The summed E-state index contributed by atoms with van der Waals surface area (Å²) in [6.07, 6.45) is 4.02. The Morgan fingerprint density at radius 1 is 1.28 bits per heavy atom. The Labute approximate surface area is 228 Å². The third-order valence-corrected chi connectivity index (χ3v) is 10.1. The molecule has 2 heterocycles. The van der Waals surface area contributed by atoms with E-state index in [2.05, 4.69) is 28.5 Å². The molecule has 3 fully saturated rings. The normalized spacial score (nSPS) is 34.9. The number of phenolic OH excluding ortho intramolecular Hbond substituents is 1. The van der Waals surface area contributed by atoms with Crippen molar-refractivity contribution in [1.29, 1.82) is 0 Å². The van der Waals surface area contributed by atoms with Crippen molar-refractivity contribution < 1.29 is 34.1 Å². The molecular weight excluding hydrogens is 502 g/mol. The molecule has 2 bridgehead atoms. The number of likely N-dealkylation sites (tertiary alicyclic amines) is 1. The maximum Gasteiger partial charge on any atom is 0.305 e. The number of carbonyl (C=O) groups excluding carboxylic acids is 2. The first-order valence-electron chi connectivity index (χ1n) is 14.1. The maximum atomic E-state index is 13.1. The Morgan fingerprint density at radius 2 is 2.05 bits per heavy atom. The van der Waals surface area contributed by atoms with Gasteiger partial charge < -0.3 is 30.3 Å². The largest absolute Gasteiger partial charge is 0.504 e. The molecule has 39 heavy (non-hydrogen) atoms. The summed E-state index contributed by atoms with van der Waals surface area (Å²) in [7, 11) is 1.67. The second-order valence-electron chi connectivity index (χ2n) is 12.7. The molecule has 5 aliphatic rings. The van der Waals surface area contributed by atoms with Gasteiger partial charge in [-0.3, -0.25) is 19.3 Å². The topological polar surface area (TPSA) is 137 Å². The Morgan fingerprint density at radius 3 is 2.72 bits per heavy atom. The second kappa shape index (κ2) is 9.37. The van der Waals surface area contributed by atoms with Crippen LogP contribution >= 0.6 is 0 Å². The van der Waals surface area contributed by atoms with E-state index in [4.69, 9.17) is 9.47 Å². The lowest BCUT2D eigenvalue weighted by Crippen LogP contribution is -2.72. The molecule has 1 aromatic rings.